The van der Waals surface area contributed by atoms with E-state index in [-0.39, 0.29) is 29.5 Å². The Labute approximate surface area is 191 Å². The zero-order valence-electron chi connectivity index (χ0n) is 18.7. The number of hydrogen-bond acceptors (Lipinski definition) is 7. The predicted molar refractivity (Wildman–Crippen MR) is 121 cm³/mol. The lowest BCUT2D eigenvalue weighted by Crippen LogP contribution is -2.31. The number of non-ortho nitro benzene ring substituents is 1. The van der Waals surface area contributed by atoms with E-state index in [1.54, 1.807) is 24.3 Å². The van der Waals surface area contributed by atoms with Gasteiger partial charge in [-0.3, -0.25) is 19.7 Å². The van der Waals surface area contributed by atoms with Crippen LogP contribution in [0.25, 0.3) is 5.76 Å². The number of aliphatic hydroxyl groups excluding tert-OH is 1. The van der Waals surface area contributed by atoms with Crippen molar-refractivity contribution in [1.82, 2.24) is 4.90 Å². The molecular formula is C24H26N2O7. The number of rotatable bonds is 9. The maximum absolute atomic E-state index is 13.0. The van der Waals surface area contributed by atoms with Crippen molar-refractivity contribution in [3.8, 4) is 5.75 Å². The van der Waals surface area contributed by atoms with Crippen molar-refractivity contribution in [1.29, 1.82) is 0 Å². The van der Waals surface area contributed by atoms with Crippen LogP contribution in [0.15, 0.2) is 54.1 Å². The smallest absolute Gasteiger partial charge is 0.295 e. The fourth-order valence-corrected chi connectivity index (χ4v) is 3.72. The van der Waals surface area contributed by atoms with E-state index >= 15 is 0 Å². The highest BCUT2D eigenvalue weighted by atomic mass is 16.6. The van der Waals surface area contributed by atoms with E-state index in [0.717, 1.165) is 0 Å². The minimum Gasteiger partial charge on any atom is -0.507 e. The molecule has 1 N–H and O–H groups in total. The fraction of sp³-hybridized carbons (Fsp3) is 0.333. The molecule has 1 atom stereocenters. The number of nitrogens with zero attached hydrogens (tertiary/aromatic N) is 2. The van der Waals surface area contributed by atoms with Gasteiger partial charge in [0.1, 0.15) is 11.5 Å². The molecule has 0 unspecified atom stereocenters. The summed E-state index contributed by atoms with van der Waals surface area (Å²) in [4.78, 5) is 37.7. The fourth-order valence-electron chi connectivity index (χ4n) is 3.72. The molecule has 3 rings (SSSR count). The Kier molecular flexibility index (Phi) is 7.44. The van der Waals surface area contributed by atoms with Gasteiger partial charge in [0.2, 0.25) is 0 Å². The molecule has 174 valence electrons. The van der Waals surface area contributed by atoms with Gasteiger partial charge >= 0.3 is 0 Å². The van der Waals surface area contributed by atoms with Crippen molar-refractivity contribution >= 4 is 23.1 Å². The number of methoxy groups -OCH3 is 1. The van der Waals surface area contributed by atoms with Crippen molar-refractivity contribution in [3.05, 3.63) is 75.3 Å². The molecule has 1 heterocycles. The molecule has 0 bridgehead atoms. The van der Waals surface area contributed by atoms with Crippen LogP contribution in [0.2, 0.25) is 0 Å². The number of likely N-dealkylation sites (tertiary alicyclic amines) is 1. The van der Waals surface area contributed by atoms with Crippen molar-refractivity contribution in [2.45, 2.75) is 32.4 Å². The van der Waals surface area contributed by atoms with Crippen molar-refractivity contribution in [2.75, 3.05) is 20.3 Å². The lowest BCUT2D eigenvalue weighted by Gasteiger charge is -2.25. The topological polar surface area (TPSA) is 119 Å². The molecular weight excluding hydrogens is 428 g/mol. The van der Waals surface area contributed by atoms with Crippen LogP contribution in [-0.4, -0.2) is 53.0 Å². The van der Waals surface area contributed by atoms with Gasteiger partial charge in [0.05, 0.1) is 29.8 Å². The zero-order valence-corrected chi connectivity index (χ0v) is 18.7. The molecule has 1 aliphatic heterocycles. The summed E-state index contributed by atoms with van der Waals surface area (Å²) >= 11 is 0. The SMILES string of the molecule is COc1cccc([C@@H]2C(=C(O)c3ccc([N+](=O)[O-])cc3)C(=O)C(=O)N2CCCOC(C)C)c1. The average Bonchev–Trinajstić information content (AvgIpc) is 3.06. The minimum atomic E-state index is -0.839. The second-order valence-electron chi connectivity index (χ2n) is 7.85. The maximum Gasteiger partial charge on any atom is 0.295 e. The molecule has 0 spiro atoms. The number of amides is 1. The average molecular weight is 454 g/mol. The van der Waals surface area contributed by atoms with Crippen molar-refractivity contribution < 1.29 is 29.1 Å². The first-order chi connectivity index (χ1) is 15.7. The van der Waals surface area contributed by atoms with E-state index in [2.05, 4.69) is 0 Å². The molecule has 1 fully saturated rings. The Morgan fingerprint density at radius 3 is 2.48 bits per heavy atom. The number of ether oxygens (including phenoxy) is 2. The lowest BCUT2D eigenvalue weighted by molar-refractivity contribution is -0.384. The zero-order chi connectivity index (χ0) is 24.1. The van der Waals surface area contributed by atoms with Gasteiger partial charge in [0, 0.05) is 30.8 Å². The first-order valence-electron chi connectivity index (χ1n) is 10.5. The molecule has 0 aromatic heterocycles. The first kappa shape index (κ1) is 23.9. The molecule has 2 aromatic rings. The molecule has 9 heteroatoms. The summed E-state index contributed by atoms with van der Waals surface area (Å²) < 4.78 is 10.8. The van der Waals surface area contributed by atoms with E-state index in [1.165, 1.54) is 36.3 Å². The van der Waals surface area contributed by atoms with E-state index < -0.39 is 28.4 Å². The van der Waals surface area contributed by atoms with Crippen LogP contribution < -0.4 is 4.74 Å². The molecule has 2 aromatic carbocycles. The van der Waals surface area contributed by atoms with Gasteiger partial charge < -0.3 is 19.5 Å². The van der Waals surface area contributed by atoms with Crippen molar-refractivity contribution in [3.63, 3.8) is 0 Å². The van der Waals surface area contributed by atoms with Crippen LogP contribution in [0.1, 0.15) is 37.4 Å². The molecule has 0 saturated carbocycles. The van der Waals surface area contributed by atoms with E-state index in [1.807, 2.05) is 13.8 Å². The highest BCUT2D eigenvalue weighted by Gasteiger charge is 2.45. The molecule has 0 aliphatic carbocycles. The number of carbonyl (C=O) groups excluding carboxylic acids is 2. The summed E-state index contributed by atoms with van der Waals surface area (Å²) in [5.41, 5.74) is 0.574. The van der Waals surface area contributed by atoms with Crippen LogP contribution in [0.4, 0.5) is 5.69 Å². The number of aliphatic hydroxyl groups is 1. The number of ketones is 1. The summed E-state index contributed by atoms with van der Waals surface area (Å²) in [7, 11) is 1.51. The lowest BCUT2D eigenvalue weighted by atomic mass is 9.95. The van der Waals surface area contributed by atoms with Gasteiger partial charge in [-0.25, -0.2) is 0 Å². The second kappa shape index (κ2) is 10.3. The summed E-state index contributed by atoms with van der Waals surface area (Å²) in [5, 5.41) is 22.0. The summed E-state index contributed by atoms with van der Waals surface area (Å²) in [5.74, 6) is -1.40. The van der Waals surface area contributed by atoms with Crippen LogP contribution in [0.3, 0.4) is 0 Å². The van der Waals surface area contributed by atoms with Gasteiger partial charge in [-0.1, -0.05) is 12.1 Å². The number of Topliss-reactive ketones (excluding diaryl/α,β-unsaturated/α-hetero) is 1. The second-order valence-corrected chi connectivity index (χ2v) is 7.85. The normalized spacial score (nSPS) is 17.6. The number of nitro benzene ring substituents is 1. The van der Waals surface area contributed by atoms with Gasteiger partial charge in [-0.2, -0.15) is 0 Å². The molecule has 1 saturated heterocycles. The third-order valence-corrected chi connectivity index (χ3v) is 5.30. The number of carbonyl (C=O) groups is 2. The van der Waals surface area contributed by atoms with Crippen LogP contribution >= 0.6 is 0 Å². The van der Waals surface area contributed by atoms with E-state index in [9.17, 15) is 24.8 Å². The van der Waals surface area contributed by atoms with Gasteiger partial charge in [-0.15, -0.1) is 0 Å². The molecule has 1 amide bonds. The number of nitro groups is 1. The van der Waals surface area contributed by atoms with Crippen LogP contribution in [-0.2, 0) is 14.3 Å². The molecule has 0 radical (unpaired) electrons. The maximum atomic E-state index is 13.0. The summed E-state index contributed by atoms with van der Waals surface area (Å²) in [6.07, 6.45) is 0.542. The third-order valence-electron chi connectivity index (χ3n) is 5.30. The Balaban J connectivity index is 2.05. The van der Waals surface area contributed by atoms with E-state index in [0.29, 0.717) is 24.3 Å². The Bertz CT molecular complexity index is 1080. The number of hydrogen-bond donors (Lipinski definition) is 1. The molecule has 33 heavy (non-hydrogen) atoms. The van der Waals surface area contributed by atoms with Gasteiger partial charge in [-0.05, 0) is 50.1 Å². The standard InChI is InChI=1S/C24H26N2O7/c1-15(2)33-13-5-12-25-21(17-6-4-7-19(14-17)32-3)20(23(28)24(25)29)22(27)16-8-10-18(11-9-16)26(30)31/h4,6-11,14-15,21,27H,5,12-13H2,1-3H3/t21-/m1/s1. The van der Waals surface area contributed by atoms with Gasteiger partial charge in [0.25, 0.3) is 17.4 Å². The third kappa shape index (κ3) is 5.20. The van der Waals surface area contributed by atoms with Crippen LogP contribution in [0.5, 0.6) is 5.75 Å². The summed E-state index contributed by atoms with van der Waals surface area (Å²) in [6.45, 7) is 4.48. The monoisotopic (exact) mass is 454 g/mol. The Hall–Kier alpha value is -3.72. The first-order valence-corrected chi connectivity index (χ1v) is 10.5. The minimum absolute atomic E-state index is 0.0386. The predicted octanol–water partition coefficient (Wildman–Crippen LogP) is 3.84. The quantitative estimate of drug-likeness (QED) is 0.153. The molecule has 9 nitrogen and oxygen atoms in total. The van der Waals surface area contributed by atoms with Gasteiger partial charge in [0.15, 0.2) is 0 Å². The van der Waals surface area contributed by atoms with E-state index in [4.69, 9.17) is 9.47 Å². The van der Waals surface area contributed by atoms with Crippen LogP contribution in [0, 0.1) is 10.1 Å². The Morgan fingerprint density at radius 2 is 1.88 bits per heavy atom. The highest BCUT2D eigenvalue weighted by molar-refractivity contribution is 6.46. The Morgan fingerprint density at radius 1 is 1.18 bits per heavy atom. The highest BCUT2D eigenvalue weighted by Crippen LogP contribution is 2.40. The largest absolute Gasteiger partial charge is 0.507 e. The summed E-state index contributed by atoms with van der Waals surface area (Å²) in [6, 6.07) is 11.3. The molecule has 1 aliphatic rings. The van der Waals surface area contributed by atoms with Crippen molar-refractivity contribution in [2.24, 2.45) is 0 Å². The number of benzene rings is 2.